The highest BCUT2D eigenvalue weighted by Gasteiger charge is 2.19. The highest BCUT2D eigenvalue weighted by atomic mass is 16.3. The fraction of sp³-hybridized carbons (Fsp3) is 0.409. The minimum Gasteiger partial charge on any atom is -0.395 e. The monoisotopic (exact) mass is 395 g/mol. The summed E-state index contributed by atoms with van der Waals surface area (Å²) < 4.78 is 1.85. The van der Waals surface area contributed by atoms with E-state index >= 15 is 0 Å². The molecule has 0 unspecified atom stereocenters. The average Bonchev–Trinajstić information content (AvgIpc) is 3.12. The molecular formula is C22H29N5O2. The first kappa shape index (κ1) is 21.0. The number of nitrogens with zero attached hydrogens (tertiary/aromatic N) is 4. The lowest BCUT2D eigenvalue weighted by Gasteiger charge is -2.16. The van der Waals surface area contributed by atoms with Crippen molar-refractivity contribution in [3.05, 3.63) is 47.7 Å². The molecule has 0 atom stereocenters. The van der Waals surface area contributed by atoms with E-state index in [9.17, 15) is 4.79 Å². The Balaban J connectivity index is 1.99. The van der Waals surface area contributed by atoms with Crippen LogP contribution in [0.25, 0.3) is 22.3 Å². The zero-order chi connectivity index (χ0) is 21.0. The van der Waals surface area contributed by atoms with E-state index in [1.807, 2.05) is 67.7 Å². The third kappa shape index (κ3) is 4.63. The molecule has 3 aromatic rings. The summed E-state index contributed by atoms with van der Waals surface area (Å²) in [5, 5.41) is 17.2. The number of aliphatic hydroxyl groups excluding tert-OH is 1. The summed E-state index contributed by atoms with van der Waals surface area (Å²) in [6, 6.07) is 10.0. The number of carbonyl (C=O) groups excluding carboxylic acids is 1. The largest absolute Gasteiger partial charge is 0.395 e. The van der Waals surface area contributed by atoms with Crippen LogP contribution in [0.1, 0.15) is 35.8 Å². The number of hydrogen-bond donors (Lipinski definition) is 2. The van der Waals surface area contributed by atoms with Gasteiger partial charge < -0.3 is 15.3 Å². The highest BCUT2D eigenvalue weighted by Crippen LogP contribution is 2.28. The molecule has 2 heterocycles. The molecular weight excluding hydrogens is 366 g/mol. The molecule has 29 heavy (non-hydrogen) atoms. The van der Waals surface area contributed by atoms with E-state index in [1.54, 1.807) is 6.20 Å². The molecule has 2 aromatic heterocycles. The predicted octanol–water partition coefficient (Wildman–Crippen LogP) is 2.64. The van der Waals surface area contributed by atoms with Gasteiger partial charge in [0.1, 0.15) is 0 Å². The lowest BCUT2D eigenvalue weighted by molar-refractivity contribution is 0.0950. The van der Waals surface area contributed by atoms with E-state index in [1.165, 1.54) is 0 Å². The van der Waals surface area contributed by atoms with Gasteiger partial charge >= 0.3 is 0 Å². The number of aliphatic hydroxyl groups is 1. The van der Waals surface area contributed by atoms with Crippen LogP contribution in [-0.4, -0.2) is 64.0 Å². The molecule has 1 amide bonds. The molecule has 7 heteroatoms. The van der Waals surface area contributed by atoms with Crippen molar-refractivity contribution in [3.63, 3.8) is 0 Å². The van der Waals surface area contributed by atoms with E-state index in [0.717, 1.165) is 22.2 Å². The maximum absolute atomic E-state index is 13.0. The molecule has 0 spiro atoms. The number of rotatable bonds is 8. The minimum absolute atomic E-state index is 0.101. The Morgan fingerprint density at radius 3 is 2.72 bits per heavy atom. The Morgan fingerprint density at radius 2 is 2.03 bits per heavy atom. The van der Waals surface area contributed by atoms with Crippen molar-refractivity contribution >= 4 is 16.9 Å². The van der Waals surface area contributed by atoms with Crippen LogP contribution in [0.5, 0.6) is 0 Å². The predicted molar refractivity (Wildman–Crippen MR) is 115 cm³/mol. The standard InChI is InChI=1S/C22H29N5O2/c1-15(2)27-21-19(14-24-27)18(22(29)23-9-10-26(4)11-12-28)13-20(25-21)17-8-6-5-7-16(17)3/h5-8,13-15,28H,9-12H2,1-4H3,(H,23,29). The normalized spacial score (nSPS) is 11.6. The van der Waals surface area contributed by atoms with Gasteiger partial charge in [0.05, 0.1) is 29.4 Å². The fourth-order valence-corrected chi connectivity index (χ4v) is 3.32. The number of likely N-dealkylation sites (N-methyl/N-ethyl adjacent to an activating group) is 1. The van der Waals surface area contributed by atoms with Gasteiger partial charge in [-0.3, -0.25) is 4.79 Å². The number of nitrogens with one attached hydrogen (secondary N) is 1. The molecule has 0 bridgehead atoms. The molecule has 2 N–H and O–H groups in total. The highest BCUT2D eigenvalue weighted by molar-refractivity contribution is 6.06. The van der Waals surface area contributed by atoms with Crippen LogP contribution in [0, 0.1) is 6.92 Å². The lowest BCUT2D eigenvalue weighted by Crippen LogP contribution is -2.34. The number of fused-ring (bicyclic) bond motifs is 1. The van der Waals surface area contributed by atoms with Gasteiger partial charge in [0.2, 0.25) is 0 Å². The van der Waals surface area contributed by atoms with Gasteiger partial charge in [0.15, 0.2) is 5.65 Å². The molecule has 0 aliphatic heterocycles. The molecule has 0 aliphatic rings. The Kier molecular flexibility index (Phi) is 6.61. The second-order valence-electron chi connectivity index (χ2n) is 7.57. The van der Waals surface area contributed by atoms with Crippen molar-refractivity contribution in [2.24, 2.45) is 0 Å². The summed E-state index contributed by atoms with van der Waals surface area (Å²) in [5.41, 5.74) is 4.16. The Morgan fingerprint density at radius 1 is 1.28 bits per heavy atom. The van der Waals surface area contributed by atoms with Crippen molar-refractivity contribution in [3.8, 4) is 11.3 Å². The molecule has 0 radical (unpaired) electrons. The quantitative estimate of drug-likeness (QED) is 0.613. The summed E-state index contributed by atoms with van der Waals surface area (Å²) >= 11 is 0. The van der Waals surface area contributed by atoms with Crippen molar-refractivity contribution in [2.45, 2.75) is 26.8 Å². The summed E-state index contributed by atoms with van der Waals surface area (Å²) in [4.78, 5) is 19.8. The maximum Gasteiger partial charge on any atom is 0.252 e. The van der Waals surface area contributed by atoms with Crippen molar-refractivity contribution < 1.29 is 9.90 Å². The summed E-state index contributed by atoms with van der Waals surface area (Å²) in [6.07, 6.45) is 1.72. The summed E-state index contributed by atoms with van der Waals surface area (Å²) in [5.74, 6) is -0.145. The fourth-order valence-electron chi connectivity index (χ4n) is 3.32. The van der Waals surface area contributed by atoms with E-state index in [4.69, 9.17) is 10.1 Å². The van der Waals surface area contributed by atoms with Crippen molar-refractivity contribution in [1.29, 1.82) is 0 Å². The molecule has 7 nitrogen and oxygen atoms in total. The summed E-state index contributed by atoms with van der Waals surface area (Å²) in [6.45, 7) is 7.97. The number of hydrogen-bond acceptors (Lipinski definition) is 5. The van der Waals surface area contributed by atoms with Crippen LogP contribution in [0.4, 0.5) is 0 Å². The first-order valence-electron chi connectivity index (χ1n) is 9.94. The number of aryl methyl sites for hydroxylation is 1. The van der Waals surface area contributed by atoms with Crippen molar-refractivity contribution in [2.75, 3.05) is 33.3 Å². The van der Waals surface area contributed by atoms with Gasteiger partial charge in [-0.15, -0.1) is 0 Å². The van der Waals surface area contributed by atoms with Crippen LogP contribution >= 0.6 is 0 Å². The third-order valence-corrected chi connectivity index (χ3v) is 4.98. The van der Waals surface area contributed by atoms with E-state index in [0.29, 0.717) is 30.8 Å². The zero-order valence-corrected chi connectivity index (χ0v) is 17.5. The van der Waals surface area contributed by atoms with Gasteiger partial charge in [0, 0.05) is 31.2 Å². The van der Waals surface area contributed by atoms with Crippen LogP contribution < -0.4 is 5.32 Å². The maximum atomic E-state index is 13.0. The van der Waals surface area contributed by atoms with E-state index in [-0.39, 0.29) is 18.6 Å². The second kappa shape index (κ2) is 9.15. The summed E-state index contributed by atoms with van der Waals surface area (Å²) in [7, 11) is 1.91. The molecule has 1 aromatic carbocycles. The van der Waals surface area contributed by atoms with Crippen LogP contribution in [0.3, 0.4) is 0 Å². The first-order valence-corrected chi connectivity index (χ1v) is 9.94. The third-order valence-electron chi connectivity index (χ3n) is 4.98. The average molecular weight is 396 g/mol. The smallest absolute Gasteiger partial charge is 0.252 e. The second-order valence-corrected chi connectivity index (χ2v) is 7.57. The SMILES string of the molecule is Cc1ccccc1-c1cc(C(=O)NCCN(C)CCO)c2cnn(C(C)C)c2n1. The van der Waals surface area contributed by atoms with E-state index < -0.39 is 0 Å². The number of carbonyl (C=O) groups is 1. The number of amides is 1. The van der Waals surface area contributed by atoms with Gasteiger partial charge in [-0.2, -0.15) is 5.10 Å². The Hall–Kier alpha value is -2.77. The number of aromatic nitrogens is 3. The lowest BCUT2D eigenvalue weighted by atomic mass is 10.0. The van der Waals surface area contributed by atoms with Crippen molar-refractivity contribution in [1.82, 2.24) is 25.0 Å². The zero-order valence-electron chi connectivity index (χ0n) is 17.5. The first-order chi connectivity index (χ1) is 13.9. The van der Waals surface area contributed by atoms with Crippen LogP contribution in [-0.2, 0) is 0 Å². The van der Waals surface area contributed by atoms with Gasteiger partial charge in [-0.25, -0.2) is 9.67 Å². The van der Waals surface area contributed by atoms with E-state index in [2.05, 4.69) is 10.4 Å². The Bertz CT molecular complexity index is 996. The number of pyridine rings is 1. The molecule has 0 aliphatic carbocycles. The molecule has 0 saturated carbocycles. The molecule has 0 fully saturated rings. The minimum atomic E-state index is -0.145. The van der Waals surface area contributed by atoms with Gasteiger partial charge in [0.25, 0.3) is 5.91 Å². The molecule has 0 saturated heterocycles. The van der Waals surface area contributed by atoms with Gasteiger partial charge in [-0.1, -0.05) is 24.3 Å². The topological polar surface area (TPSA) is 83.3 Å². The van der Waals surface area contributed by atoms with Crippen LogP contribution in [0.2, 0.25) is 0 Å². The Labute approximate surface area is 171 Å². The molecule has 154 valence electrons. The van der Waals surface area contributed by atoms with Crippen LogP contribution in [0.15, 0.2) is 36.5 Å². The molecule has 3 rings (SSSR count). The van der Waals surface area contributed by atoms with Gasteiger partial charge in [-0.05, 0) is 39.4 Å². The number of benzene rings is 1.